The van der Waals surface area contributed by atoms with E-state index in [1.807, 2.05) is 6.92 Å². The molecule has 0 bridgehead atoms. The number of allylic oxidation sites excluding steroid dienone is 2. The van der Waals surface area contributed by atoms with Crippen LogP contribution in [0.4, 0.5) is 0 Å². The summed E-state index contributed by atoms with van der Waals surface area (Å²) in [5.41, 5.74) is 1.10. The van der Waals surface area contributed by atoms with Gasteiger partial charge in [0.1, 0.15) is 0 Å². The summed E-state index contributed by atoms with van der Waals surface area (Å²) >= 11 is 0. The molecule has 0 aromatic carbocycles. The Labute approximate surface area is 80.2 Å². The van der Waals surface area contributed by atoms with Crippen molar-refractivity contribution in [2.45, 2.75) is 13.3 Å². The van der Waals surface area contributed by atoms with Gasteiger partial charge in [0.25, 0.3) is 0 Å². The minimum atomic E-state index is 1.04. The van der Waals surface area contributed by atoms with E-state index >= 15 is 0 Å². The molecule has 1 saturated heterocycles. The fraction of sp³-hybridized carbons (Fsp3) is 0.700. The monoisotopic (exact) mass is 179 g/mol. The Kier molecular flexibility index (Phi) is 3.78. The fourth-order valence-corrected chi connectivity index (χ4v) is 1.58. The molecular weight excluding hydrogens is 162 g/mol. The van der Waals surface area contributed by atoms with Crippen LogP contribution >= 0.6 is 0 Å². The standard InChI is InChI=1S/C10H17N3/c1-10(4-5-11)13-7-3-6-12(2)8-9-13/h4H,3,6-9H2,1-2H3/b10-4-. The highest BCUT2D eigenvalue weighted by Crippen LogP contribution is 2.07. The molecule has 0 atom stereocenters. The molecule has 1 aliphatic rings. The van der Waals surface area contributed by atoms with Crippen molar-refractivity contribution in [3.8, 4) is 6.07 Å². The van der Waals surface area contributed by atoms with Crippen molar-refractivity contribution >= 4 is 0 Å². The van der Waals surface area contributed by atoms with Gasteiger partial charge in [-0.3, -0.25) is 0 Å². The highest BCUT2D eigenvalue weighted by atomic mass is 15.2. The molecule has 0 aromatic heterocycles. The number of rotatable bonds is 1. The Bertz CT molecular complexity index is 227. The van der Waals surface area contributed by atoms with E-state index in [9.17, 15) is 0 Å². The molecule has 3 heteroatoms. The summed E-state index contributed by atoms with van der Waals surface area (Å²) < 4.78 is 0. The average Bonchev–Trinajstić information content (AvgIpc) is 2.30. The van der Waals surface area contributed by atoms with Crippen molar-refractivity contribution in [3.05, 3.63) is 11.8 Å². The highest BCUT2D eigenvalue weighted by Gasteiger charge is 2.11. The second-order valence-electron chi connectivity index (χ2n) is 3.56. The van der Waals surface area contributed by atoms with E-state index in [0.29, 0.717) is 0 Å². The van der Waals surface area contributed by atoms with Crippen LogP contribution in [0.1, 0.15) is 13.3 Å². The molecule has 0 N–H and O–H groups in total. The summed E-state index contributed by atoms with van der Waals surface area (Å²) in [5, 5.41) is 8.53. The molecule has 3 nitrogen and oxygen atoms in total. The first-order valence-electron chi connectivity index (χ1n) is 4.74. The van der Waals surface area contributed by atoms with Crippen molar-refractivity contribution in [2.75, 3.05) is 33.2 Å². The van der Waals surface area contributed by atoms with Crippen LogP contribution < -0.4 is 0 Å². The van der Waals surface area contributed by atoms with E-state index in [2.05, 4.69) is 22.9 Å². The first kappa shape index (κ1) is 10.1. The van der Waals surface area contributed by atoms with E-state index in [1.165, 1.54) is 6.42 Å². The minimum absolute atomic E-state index is 1.04. The Morgan fingerprint density at radius 3 is 2.77 bits per heavy atom. The molecule has 1 aliphatic heterocycles. The molecule has 0 unspecified atom stereocenters. The molecule has 0 spiro atoms. The van der Waals surface area contributed by atoms with Crippen molar-refractivity contribution < 1.29 is 0 Å². The number of nitrogens with zero attached hydrogens (tertiary/aromatic N) is 3. The molecule has 0 aromatic rings. The lowest BCUT2D eigenvalue weighted by Gasteiger charge is -2.22. The molecule has 1 fully saturated rings. The van der Waals surface area contributed by atoms with Gasteiger partial charge in [-0.1, -0.05) is 0 Å². The lowest BCUT2D eigenvalue weighted by atomic mass is 10.3. The van der Waals surface area contributed by atoms with Gasteiger partial charge in [0.2, 0.25) is 0 Å². The summed E-state index contributed by atoms with van der Waals surface area (Å²) in [6.07, 6.45) is 2.82. The zero-order valence-corrected chi connectivity index (χ0v) is 8.45. The number of hydrogen-bond acceptors (Lipinski definition) is 3. The van der Waals surface area contributed by atoms with Crippen LogP contribution in [-0.2, 0) is 0 Å². The zero-order chi connectivity index (χ0) is 9.68. The van der Waals surface area contributed by atoms with E-state index in [-0.39, 0.29) is 0 Å². The molecular formula is C10H17N3. The third-order valence-electron chi connectivity index (χ3n) is 2.49. The summed E-state index contributed by atoms with van der Waals surface area (Å²) in [6, 6.07) is 2.08. The molecule has 0 radical (unpaired) electrons. The first-order valence-corrected chi connectivity index (χ1v) is 4.74. The lowest BCUT2D eigenvalue weighted by molar-refractivity contribution is 0.326. The average molecular weight is 179 g/mol. The maximum atomic E-state index is 8.53. The number of nitriles is 1. The Morgan fingerprint density at radius 1 is 1.31 bits per heavy atom. The van der Waals surface area contributed by atoms with Gasteiger partial charge in [0.15, 0.2) is 0 Å². The zero-order valence-electron chi connectivity index (χ0n) is 8.45. The summed E-state index contributed by atoms with van der Waals surface area (Å²) in [7, 11) is 2.15. The molecule has 13 heavy (non-hydrogen) atoms. The van der Waals surface area contributed by atoms with Gasteiger partial charge >= 0.3 is 0 Å². The Morgan fingerprint density at radius 2 is 2.08 bits per heavy atom. The van der Waals surface area contributed by atoms with Crippen LogP contribution in [0.25, 0.3) is 0 Å². The molecule has 0 aliphatic carbocycles. The van der Waals surface area contributed by atoms with Crippen molar-refractivity contribution in [1.82, 2.24) is 9.80 Å². The third kappa shape index (κ3) is 3.08. The fourth-order valence-electron chi connectivity index (χ4n) is 1.58. The lowest BCUT2D eigenvalue weighted by Crippen LogP contribution is -2.27. The molecule has 1 rings (SSSR count). The SMILES string of the molecule is C/C(=C/C#N)N1CCCN(C)CC1. The van der Waals surface area contributed by atoms with Gasteiger partial charge in [0, 0.05) is 31.4 Å². The normalized spacial score (nSPS) is 21.0. The van der Waals surface area contributed by atoms with E-state index in [4.69, 9.17) is 5.26 Å². The summed E-state index contributed by atoms with van der Waals surface area (Å²) in [4.78, 5) is 4.62. The van der Waals surface area contributed by atoms with Gasteiger partial charge in [-0.05, 0) is 26.9 Å². The van der Waals surface area contributed by atoms with Gasteiger partial charge in [-0.15, -0.1) is 0 Å². The predicted molar refractivity (Wildman–Crippen MR) is 53.1 cm³/mol. The van der Waals surface area contributed by atoms with Crippen molar-refractivity contribution in [2.24, 2.45) is 0 Å². The second kappa shape index (κ2) is 4.88. The van der Waals surface area contributed by atoms with E-state index in [0.717, 1.165) is 31.9 Å². The van der Waals surface area contributed by atoms with Crippen LogP contribution in [0.15, 0.2) is 11.8 Å². The quantitative estimate of drug-likeness (QED) is 0.564. The Hall–Kier alpha value is -1.01. The number of likely N-dealkylation sites (N-methyl/N-ethyl adjacent to an activating group) is 1. The maximum Gasteiger partial charge on any atom is 0.0930 e. The van der Waals surface area contributed by atoms with Crippen molar-refractivity contribution in [1.29, 1.82) is 5.26 Å². The Balaban J connectivity index is 2.52. The van der Waals surface area contributed by atoms with Crippen LogP contribution in [0.5, 0.6) is 0 Å². The highest BCUT2D eigenvalue weighted by molar-refractivity contribution is 5.10. The van der Waals surface area contributed by atoms with Crippen LogP contribution in [-0.4, -0.2) is 43.0 Å². The first-order chi connectivity index (χ1) is 6.24. The molecule has 72 valence electrons. The van der Waals surface area contributed by atoms with E-state index in [1.54, 1.807) is 6.08 Å². The summed E-state index contributed by atoms with van der Waals surface area (Å²) in [6.45, 7) is 6.39. The minimum Gasteiger partial charge on any atom is -0.373 e. The molecule has 0 amide bonds. The van der Waals surface area contributed by atoms with Crippen LogP contribution in [0.2, 0.25) is 0 Å². The second-order valence-corrected chi connectivity index (χ2v) is 3.56. The van der Waals surface area contributed by atoms with Gasteiger partial charge in [0.05, 0.1) is 6.07 Å². The predicted octanol–water partition coefficient (Wildman–Crippen LogP) is 1.05. The van der Waals surface area contributed by atoms with Crippen molar-refractivity contribution in [3.63, 3.8) is 0 Å². The van der Waals surface area contributed by atoms with Crippen LogP contribution in [0.3, 0.4) is 0 Å². The van der Waals surface area contributed by atoms with Gasteiger partial charge in [-0.25, -0.2) is 0 Å². The summed E-state index contributed by atoms with van der Waals surface area (Å²) in [5.74, 6) is 0. The smallest absolute Gasteiger partial charge is 0.0930 e. The van der Waals surface area contributed by atoms with Gasteiger partial charge in [-0.2, -0.15) is 5.26 Å². The largest absolute Gasteiger partial charge is 0.373 e. The molecule has 1 heterocycles. The number of hydrogen-bond donors (Lipinski definition) is 0. The van der Waals surface area contributed by atoms with Gasteiger partial charge < -0.3 is 9.80 Å². The maximum absolute atomic E-state index is 8.53. The topological polar surface area (TPSA) is 30.3 Å². The van der Waals surface area contributed by atoms with Crippen LogP contribution in [0, 0.1) is 11.3 Å². The molecule has 0 saturated carbocycles. The third-order valence-corrected chi connectivity index (χ3v) is 2.49. The van der Waals surface area contributed by atoms with E-state index < -0.39 is 0 Å².